The Morgan fingerprint density at radius 3 is 1.97 bits per heavy atom. The molecule has 0 aliphatic carbocycles. The van der Waals surface area contributed by atoms with Crippen molar-refractivity contribution in [1.29, 1.82) is 0 Å². The van der Waals surface area contributed by atoms with E-state index < -0.39 is 0 Å². The summed E-state index contributed by atoms with van der Waals surface area (Å²) in [5, 5.41) is 5.52. The summed E-state index contributed by atoms with van der Waals surface area (Å²) in [7, 11) is 4.10. The lowest BCUT2D eigenvalue weighted by molar-refractivity contribution is 1.13. The summed E-state index contributed by atoms with van der Waals surface area (Å²) in [6.07, 6.45) is 3.69. The smallest absolute Gasteiger partial charge is 0.0979 e. The van der Waals surface area contributed by atoms with Gasteiger partial charge in [0.2, 0.25) is 0 Å². The molecule has 4 nitrogen and oxygen atoms in total. The number of nitrogens with zero attached hydrogens (tertiary/aromatic N) is 4. The van der Waals surface area contributed by atoms with Crippen molar-refractivity contribution >= 4 is 49.2 Å². The molecular formula is C27H20N4. The van der Waals surface area contributed by atoms with E-state index in [9.17, 15) is 0 Å². The third kappa shape index (κ3) is 2.72. The van der Waals surface area contributed by atoms with Gasteiger partial charge in [0, 0.05) is 64.7 Å². The highest BCUT2D eigenvalue weighted by Gasteiger charge is 2.16. The molecule has 0 aliphatic rings. The van der Waals surface area contributed by atoms with Gasteiger partial charge >= 0.3 is 0 Å². The molecule has 0 spiro atoms. The fourth-order valence-corrected chi connectivity index (χ4v) is 4.37. The fraction of sp³-hybridized carbons (Fsp3) is 0.0741. The van der Waals surface area contributed by atoms with Crippen LogP contribution in [-0.2, 0) is 0 Å². The molecular weight excluding hydrogens is 380 g/mol. The Morgan fingerprint density at radius 2 is 1.26 bits per heavy atom. The van der Waals surface area contributed by atoms with Crippen molar-refractivity contribution < 1.29 is 0 Å². The van der Waals surface area contributed by atoms with Crippen LogP contribution in [0.3, 0.4) is 0 Å². The van der Waals surface area contributed by atoms with Gasteiger partial charge in [-0.1, -0.05) is 48.5 Å². The van der Waals surface area contributed by atoms with Crippen molar-refractivity contribution in [3.05, 3.63) is 85.2 Å². The molecule has 0 N–H and O–H groups in total. The van der Waals surface area contributed by atoms with Crippen LogP contribution in [0.15, 0.2) is 85.2 Å². The number of aromatic nitrogens is 3. The van der Waals surface area contributed by atoms with Gasteiger partial charge in [-0.2, -0.15) is 0 Å². The summed E-state index contributed by atoms with van der Waals surface area (Å²) in [4.78, 5) is 16.7. The molecule has 0 saturated heterocycles. The van der Waals surface area contributed by atoms with Gasteiger partial charge in [0.15, 0.2) is 0 Å². The molecule has 3 heterocycles. The Bertz CT molecular complexity index is 1600. The Morgan fingerprint density at radius 1 is 0.613 bits per heavy atom. The van der Waals surface area contributed by atoms with E-state index in [-0.39, 0.29) is 0 Å². The van der Waals surface area contributed by atoms with Crippen LogP contribution < -0.4 is 4.90 Å². The van der Waals surface area contributed by atoms with E-state index in [1.54, 1.807) is 0 Å². The Balaban J connectivity index is 1.80. The minimum absolute atomic E-state index is 0.912. The number of anilines is 1. The molecule has 0 aliphatic heterocycles. The Kier molecular flexibility index (Phi) is 3.87. The monoisotopic (exact) mass is 400 g/mol. The quantitative estimate of drug-likeness (QED) is 0.324. The van der Waals surface area contributed by atoms with Crippen LogP contribution in [0.5, 0.6) is 0 Å². The second-order valence-corrected chi connectivity index (χ2v) is 8.00. The van der Waals surface area contributed by atoms with E-state index >= 15 is 0 Å². The first-order valence-electron chi connectivity index (χ1n) is 10.3. The predicted octanol–water partition coefficient (Wildman–Crippen LogP) is 6.22. The number of pyridine rings is 3. The summed E-state index contributed by atoms with van der Waals surface area (Å²) in [5.74, 6) is 0. The molecule has 0 saturated carbocycles. The summed E-state index contributed by atoms with van der Waals surface area (Å²) in [5.41, 5.74) is 6.03. The van der Waals surface area contributed by atoms with Gasteiger partial charge in [-0.15, -0.1) is 0 Å². The zero-order chi connectivity index (χ0) is 20.9. The summed E-state index contributed by atoms with van der Waals surface area (Å²) in [6, 6.07) is 25.3. The molecule has 0 bridgehead atoms. The number of rotatable bonds is 2. The van der Waals surface area contributed by atoms with Crippen LogP contribution in [0.1, 0.15) is 0 Å². The van der Waals surface area contributed by atoms with E-state index in [0.717, 1.165) is 60.4 Å². The van der Waals surface area contributed by atoms with Gasteiger partial charge < -0.3 is 4.90 Å². The van der Waals surface area contributed by atoms with E-state index in [2.05, 4.69) is 70.5 Å². The van der Waals surface area contributed by atoms with Crippen LogP contribution in [-0.4, -0.2) is 29.0 Å². The average Bonchev–Trinajstić information content (AvgIpc) is 2.83. The van der Waals surface area contributed by atoms with Crippen molar-refractivity contribution in [3.63, 3.8) is 0 Å². The third-order valence-electron chi connectivity index (χ3n) is 5.93. The Hall–Kier alpha value is -4.05. The lowest BCUT2D eigenvalue weighted by atomic mass is 9.96. The highest BCUT2D eigenvalue weighted by molar-refractivity contribution is 6.24. The fourth-order valence-electron chi connectivity index (χ4n) is 4.37. The second-order valence-electron chi connectivity index (χ2n) is 8.00. The summed E-state index contributed by atoms with van der Waals surface area (Å²) in [6.45, 7) is 0. The summed E-state index contributed by atoms with van der Waals surface area (Å²) >= 11 is 0. The maximum Gasteiger partial charge on any atom is 0.0979 e. The van der Waals surface area contributed by atoms with E-state index in [4.69, 9.17) is 9.97 Å². The van der Waals surface area contributed by atoms with Crippen molar-refractivity contribution in [1.82, 2.24) is 15.0 Å². The number of hydrogen-bond donors (Lipinski definition) is 0. The molecule has 0 unspecified atom stereocenters. The molecule has 3 aromatic carbocycles. The molecule has 0 amide bonds. The standard InChI is InChI=1S/C27H20N4/c1-31(2)20-11-7-19(8-12-20)24-21-13-9-17-5-3-15-28-25(17)23(21)22-14-10-18-6-4-16-29-26(18)27(22)30-24/h3-16H,1-2H3. The Labute approximate surface area is 179 Å². The predicted molar refractivity (Wildman–Crippen MR) is 130 cm³/mol. The molecule has 148 valence electrons. The second kappa shape index (κ2) is 6.74. The molecule has 6 rings (SSSR count). The van der Waals surface area contributed by atoms with E-state index in [1.165, 1.54) is 0 Å². The van der Waals surface area contributed by atoms with Crippen LogP contribution in [0.2, 0.25) is 0 Å². The third-order valence-corrected chi connectivity index (χ3v) is 5.93. The molecule has 31 heavy (non-hydrogen) atoms. The minimum atomic E-state index is 0.912. The maximum atomic E-state index is 5.18. The van der Waals surface area contributed by atoms with Crippen molar-refractivity contribution in [2.75, 3.05) is 19.0 Å². The topological polar surface area (TPSA) is 41.9 Å². The number of benzene rings is 3. The number of fused-ring (bicyclic) bond motifs is 7. The maximum absolute atomic E-state index is 5.18. The largest absolute Gasteiger partial charge is 0.378 e. The molecule has 0 fully saturated rings. The molecule has 0 radical (unpaired) electrons. The van der Waals surface area contributed by atoms with Crippen molar-refractivity contribution in [3.8, 4) is 11.3 Å². The van der Waals surface area contributed by atoms with Gasteiger partial charge in [-0.05, 0) is 24.3 Å². The normalized spacial score (nSPS) is 11.5. The van der Waals surface area contributed by atoms with Crippen molar-refractivity contribution in [2.24, 2.45) is 0 Å². The first kappa shape index (κ1) is 17.8. The van der Waals surface area contributed by atoms with Gasteiger partial charge in [-0.25, -0.2) is 4.98 Å². The van der Waals surface area contributed by atoms with E-state index in [1.807, 2.05) is 38.6 Å². The highest BCUT2D eigenvalue weighted by Crippen LogP contribution is 2.38. The zero-order valence-corrected chi connectivity index (χ0v) is 17.4. The minimum Gasteiger partial charge on any atom is -0.378 e. The van der Waals surface area contributed by atoms with Crippen LogP contribution in [0.4, 0.5) is 5.69 Å². The molecule has 6 aromatic rings. The van der Waals surface area contributed by atoms with Crippen LogP contribution in [0, 0.1) is 0 Å². The number of hydrogen-bond acceptors (Lipinski definition) is 4. The van der Waals surface area contributed by atoms with Gasteiger partial charge in [-0.3, -0.25) is 9.97 Å². The molecule has 3 aromatic heterocycles. The zero-order valence-electron chi connectivity index (χ0n) is 17.4. The lowest BCUT2D eigenvalue weighted by Gasteiger charge is -2.15. The first-order chi connectivity index (χ1) is 15.2. The van der Waals surface area contributed by atoms with Crippen LogP contribution >= 0.6 is 0 Å². The molecule has 4 heteroatoms. The first-order valence-corrected chi connectivity index (χ1v) is 10.3. The lowest BCUT2D eigenvalue weighted by Crippen LogP contribution is -2.07. The average molecular weight is 400 g/mol. The van der Waals surface area contributed by atoms with Gasteiger partial charge in [0.1, 0.15) is 0 Å². The van der Waals surface area contributed by atoms with E-state index in [0.29, 0.717) is 0 Å². The van der Waals surface area contributed by atoms with Crippen molar-refractivity contribution in [2.45, 2.75) is 0 Å². The van der Waals surface area contributed by atoms with Crippen LogP contribution in [0.25, 0.3) is 54.7 Å². The molecule has 0 atom stereocenters. The SMILES string of the molecule is CN(C)c1ccc(-c2nc3c(ccc4cccnc43)c3c2ccc2cccnc23)cc1. The highest BCUT2D eigenvalue weighted by atomic mass is 15.1. The van der Waals surface area contributed by atoms with Gasteiger partial charge in [0.05, 0.1) is 22.2 Å². The van der Waals surface area contributed by atoms with Gasteiger partial charge in [0.25, 0.3) is 0 Å². The summed E-state index contributed by atoms with van der Waals surface area (Å²) < 4.78 is 0.